The van der Waals surface area contributed by atoms with Gasteiger partial charge in [-0.3, -0.25) is 0 Å². The van der Waals surface area contributed by atoms with Crippen molar-refractivity contribution in [3.8, 4) is 11.6 Å². The van der Waals surface area contributed by atoms with Crippen LogP contribution in [0.15, 0.2) is 30.3 Å². The van der Waals surface area contributed by atoms with Crippen molar-refractivity contribution in [3.05, 3.63) is 46.3 Å². The van der Waals surface area contributed by atoms with Crippen LogP contribution < -0.4 is 4.74 Å². The molecular weight excluding hydrogens is 271 g/mol. The molecule has 3 rings (SSSR count). The van der Waals surface area contributed by atoms with Crippen LogP contribution in [0, 0.1) is 0 Å². The van der Waals surface area contributed by atoms with E-state index >= 15 is 0 Å². The van der Waals surface area contributed by atoms with E-state index < -0.39 is 0 Å². The topological polar surface area (TPSA) is 35.0 Å². The van der Waals surface area contributed by atoms with Gasteiger partial charge in [0.25, 0.3) is 0 Å². The molecule has 0 spiro atoms. The van der Waals surface area contributed by atoms with Crippen molar-refractivity contribution in [2.24, 2.45) is 0 Å². The van der Waals surface area contributed by atoms with Crippen LogP contribution in [0.2, 0.25) is 10.2 Å². The maximum atomic E-state index is 5.96. The molecule has 1 fully saturated rings. The van der Waals surface area contributed by atoms with Gasteiger partial charge in [0.15, 0.2) is 0 Å². The molecule has 0 aliphatic heterocycles. The molecule has 0 saturated heterocycles. The van der Waals surface area contributed by atoms with Crippen LogP contribution in [0.4, 0.5) is 0 Å². The van der Waals surface area contributed by atoms with Crippen molar-refractivity contribution >= 4 is 23.2 Å². The second-order valence-corrected chi connectivity index (χ2v) is 5.04. The van der Waals surface area contributed by atoms with E-state index in [0.29, 0.717) is 27.7 Å². The summed E-state index contributed by atoms with van der Waals surface area (Å²) in [7, 11) is 0. The smallest absolute Gasteiger partial charge is 0.224 e. The molecule has 2 aromatic rings. The molecule has 1 saturated carbocycles. The summed E-state index contributed by atoms with van der Waals surface area (Å²) in [5.74, 6) is 2.29. The summed E-state index contributed by atoms with van der Waals surface area (Å²) < 4.78 is 5.64. The van der Waals surface area contributed by atoms with Crippen molar-refractivity contribution < 1.29 is 4.74 Å². The second-order valence-electron chi connectivity index (χ2n) is 4.22. The van der Waals surface area contributed by atoms with Crippen LogP contribution in [-0.4, -0.2) is 9.97 Å². The lowest BCUT2D eigenvalue weighted by molar-refractivity contribution is 0.458. The van der Waals surface area contributed by atoms with Gasteiger partial charge in [-0.25, -0.2) is 4.98 Å². The average molecular weight is 281 g/mol. The molecule has 3 nitrogen and oxygen atoms in total. The summed E-state index contributed by atoms with van der Waals surface area (Å²) in [5.41, 5.74) is 0. The molecule has 0 N–H and O–H groups in total. The number of aromatic nitrogens is 2. The Balaban J connectivity index is 1.87. The minimum absolute atomic E-state index is 0.406. The molecule has 0 bridgehead atoms. The normalized spacial score (nSPS) is 14.6. The lowest BCUT2D eigenvalue weighted by Gasteiger charge is -2.06. The third kappa shape index (κ3) is 2.74. The highest BCUT2D eigenvalue weighted by molar-refractivity contribution is 6.30. The van der Waals surface area contributed by atoms with Crippen molar-refractivity contribution in [2.45, 2.75) is 18.8 Å². The molecule has 1 aliphatic carbocycles. The Morgan fingerprint density at radius 1 is 1.11 bits per heavy atom. The molecule has 1 aromatic heterocycles. The Morgan fingerprint density at radius 3 is 2.67 bits per heavy atom. The predicted octanol–water partition coefficient (Wildman–Crippen LogP) is 4.45. The molecule has 18 heavy (non-hydrogen) atoms. The Morgan fingerprint density at radius 2 is 1.94 bits per heavy atom. The van der Waals surface area contributed by atoms with Gasteiger partial charge in [-0.2, -0.15) is 4.98 Å². The molecular formula is C13H10Cl2N2O. The molecule has 0 atom stereocenters. The number of ether oxygens (including phenoxy) is 1. The quantitative estimate of drug-likeness (QED) is 0.779. The van der Waals surface area contributed by atoms with E-state index in [9.17, 15) is 0 Å². The molecule has 1 aliphatic rings. The van der Waals surface area contributed by atoms with E-state index in [4.69, 9.17) is 27.9 Å². The number of benzene rings is 1. The lowest BCUT2D eigenvalue weighted by atomic mass is 10.3. The van der Waals surface area contributed by atoms with Gasteiger partial charge in [0, 0.05) is 17.0 Å². The molecule has 92 valence electrons. The first-order valence-electron chi connectivity index (χ1n) is 5.68. The van der Waals surface area contributed by atoms with Crippen molar-refractivity contribution in [3.63, 3.8) is 0 Å². The van der Waals surface area contributed by atoms with E-state index in [1.807, 2.05) is 12.1 Å². The number of halogens is 2. The number of hydrogen-bond acceptors (Lipinski definition) is 3. The Kier molecular flexibility index (Phi) is 3.10. The minimum atomic E-state index is 0.406. The van der Waals surface area contributed by atoms with E-state index in [-0.39, 0.29) is 0 Å². The van der Waals surface area contributed by atoms with Gasteiger partial charge in [-0.15, -0.1) is 0 Å². The molecule has 0 unspecified atom stereocenters. The van der Waals surface area contributed by atoms with Gasteiger partial charge in [0.05, 0.1) is 0 Å². The van der Waals surface area contributed by atoms with Crippen LogP contribution in [0.25, 0.3) is 0 Å². The third-order valence-electron chi connectivity index (χ3n) is 2.65. The molecule has 1 aromatic carbocycles. The van der Waals surface area contributed by atoms with Crippen LogP contribution in [0.1, 0.15) is 24.6 Å². The van der Waals surface area contributed by atoms with Crippen LogP contribution in [0.3, 0.4) is 0 Å². The van der Waals surface area contributed by atoms with E-state index in [1.165, 1.54) is 0 Å². The molecule has 0 amide bonds. The number of nitrogens with zero attached hydrogens (tertiary/aromatic N) is 2. The van der Waals surface area contributed by atoms with Gasteiger partial charge in [0.2, 0.25) is 5.88 Å². The summed E-state index contributed by atoms with van der Waals surface area (Å²) in [6.45, 7) is 0. The zero-order valence-corrected chi connectivity index (χ0v) is 10.9. The number of rotatable bonds is 3. The Labute approximate surface area is 115 Å². The predicted molar refractivity (Wildman–Crippen MR) is 70.5 cm³/mol. The molecule has 1 heterocycles. The fourth-order valence-corrected chi connectivity index (χ4v) is 2.00. The molecule has 5 heteroatoms. The zero-order chi connectivity index (χ0) is 12.5. The standard InChI is InChI=1S/C13H10Cl2N2O/c14-9-2-1-3-10(6-9)18-12-7-11(15)16-13(17-12)8-4-5-8/h1-3,6-8H,4-5H2. The Bertz CT molecular complexity index is 585. The lowest BCUT2D eigenvalue weighted by Crippen LogP contribution is -1.96. The largest absolute Gasteiger partial charge is 0.439 e. The van der Waals surface area contributed by atoms with Gasteiger partial charge in [-0.05, 0) is 31.0 Å². The minimum Gasteiger partial charge on any atom is -0.439 e. The average Bonchev–Trinajstić information content (AvgIpc) is 3.11. The third-order valence-corrected chi connectivity index (χ3v) is 3.08. The first kappa shape index (κ1) is 11.8. The van der Waals surface area contributed by atoms with Crippen LogP contribution >= 0.6 is 23.2 Å². The van der Waals surface area contributed by atoms with Gasteiger partial charge >= 0.3 is 0 Å². The highest BCUT2D eigenvalue weighted by atomic mass is 35.5. The van der Waals surface area contributed by atoms with Crippen molar-refractivity contribution in [2.75, 3.05) is 0 Å². The second kappa shape index (κ2) is 4.75. The first-order chi connectivity index (χ1) is 8.70. The Hall–Kier alpha value is -1.32. The fraction of sp³-hybridized carbons (Fsp3) is 0.231. The first-order valence-corrected chi connectivity index (χ1v) is 6.44. The summed E-state index contributed by atoms with van der Waals surface area (Å²) in [5, 5.41) is 1.03. The van der Waals surface area contributed by atoms with Gasteiger partial charge in [0.1, 0.15) is 16.7 Å². The van der Waals surface area contributed by atoms with Gasteiger partial charge < -0.3 is 4.74 Å². The maximum absolute atomic E-state index is 5.96. The summed E-state index contributed by atoms with van der Waals surface area (Å²) in [6, 6.07) is 8.76. The summed E-state index contributed by atoms with van der Waals surface area (Å²) in [4.78, 5) is 8.56. The van der Waals surface area contributed by atoms with E-state index in [2.05, 4.69) is 9.97 Å². The monoisotopic (exact) mass is 280 g/mol. The van der Waals surface area contributed by atoms with E-state index in [1.54, 1.807) is 18.2 Å². The zero-order valence-electron chi connectivity index (χ0n) is 9.44. The summed E-state index contributed by atoms with van der Waals surface area (Å²) >= 11 is 11.9. The van der Waals surface area contributed by atoms with Crippen LogP contribution in [0.5, 0.6) is 11.6 Å². The SMILES string of the molecule is Clc1cccc(Oc2cc(Cl)nc(C3CC3)n2)c1. The van der Waals surface area contributed by atoms with Crippen molar-refractivity contribution in [1.29, 1.82) is 0 Å². The van der Waals surface area contributed by atoms with Crippen LogP contribution in [-0.2, 0) is 0 Å². The molecule has 0 radical (unpaired) electrons. The van der Waals surface area contributed by atoms with E-state index in [0.717, 1.165) is 18.7 Å². The number of hydrogen-bond donors (Lipinski definition) is 0. The highest BCUT2D eigenvalue weighted by Gasteiger charge is 2.27. The fourth-order valence-electron chi connectivity index (χ4n) is 1.64. The maximum Gasteiger partial charge on any atom is 0.224 e. The van der Waals surface area contributed by atoms with Crippen molar-refractivity contribution in [1.82, 2.24) is 9.97 Å². The van der Waals surface area contributed by atoms with Gasteiger partial charge in [-0.1, -0.05) is 29.3 Å². The highest BCUT2D eigenvalue weighted by Crippen LogP contribution is 2.39. The summed E-state index contributed by atoms with van der Waals surface area (Å²) in [6.07, 6.45) is 2.24.